The summed E-state index contributed by atoms with van der Waals surface area (Å²) in [7, 11) is 0. The van der Waals surface area contributed by atoms with Crippen molar-refractivity contribution >= 4 is 22.5 Å². The van der Waals surface area contributed by atoms with Crippen molar-refractivity contribution < 1.29 is 4.79 Å². The summed E-state index contributed by atoms with van der Waals surface area (Å²) in [5, 5.41) is 2.10. The fraction of sp³-hybridized carbons (Fsp3) is 0.474. The SMILES string of the molecule is CCN(CC)C(=O)c1cnc(N2CCCCC2)c2ccccc12. The molecule has 4 heteroatoms. The number of piperidine rings is 1. The third-order valence-corrected chi connectivity index (χ3v) is 4.71. The quantitative estimate of drug-likeness (QED) is 0.863. The summed E-state index contributed by atoms with van der Waals surface area (Å²) < 4.78 is 0. The highest BCUT2D eigenvalue weighted by atomic mass is 16.2. The first-order valence-corrected chi connectivity index (χ1v) is 8.68. The van der Waals surface area contributed by atoms with E-state index in [4.69, 9.17) is 0 Å². The molecule has 0 unspecified atom stereocenters. The average molecular weight is 311 g/mol. The highest BCUT2D eigenvalue weighted by molar-refractivity contribution is 6.09. The molecule has 4 nitrogen and oxygen atoms in total. The Bertz CT molecular complexity index is 688. The third-order valence-electron chi connectivity index (χ3n) is 4.71. The highest BCUT2D eigenvalue weighted by Gasteiger charge is 2.20. The second kappa shape index (κ2) is 6.99. The fourth-order valence-corrected chi connectivity index (χ4v) is 3.39. The molecule has 3 rings (SSSR count). The van der Waals surface area contributed by atoms with Crippen molar-refractivity contribution in [1.82, 2.24) is 9.88 Å². The van der Waals surface area contributed by atoms with Crippen LogP contribution < -0.4 is 4.90 Å². The van der Waals surface area contributed by atoms with Crippen LogP contribution in [0, 0.1) is 0 Å². The molecule has 1 aromatic carbocycles. The number of carbonyl (C=O) groups excluding carboxylic acids is 1. The zero-order valence-electron chi connectivity index (χ0n) is 14.1. The molecule has 122 valence electrons. The first-order valence-electron chi connectivity index (χ1n) is 8.68. The van der Waals surface area contributed by atoms with Crippen molar-refractivity contribution in [2.45, 2.75) is 33.1 Å². The summed E-state index contributed by atoms with van der Waals surface area (Å²) >= 11 is 0. The van der Waals surface area contributed by atoms with Crippen LogP contribution in [0.15, 0.2) is 30.5 Å². The Morgan fingerprint density at radius 3 is 2.39 bits per heavy atom. The lowest BCUT2D eigenvalue weighted by molar-refractivity contribution is 0.0774. The van der Waals surface area contributed by atoms with Crippen molar-refractivity contribution in [2.24, 2.45) is 0 Å². The summed E-state index contributed by atoms with van der Waals surface area (Å²) in [5.74, 6) is 1.10. The van der Waals surface area contributed by atoms with Gasteiger partial charge in [0.1, 0.15) is 5.82 Å². The third kappa shape index (κ3) is 3.03. The molecule has 1 aliphatic rings. The Balaban J connectivity index is 2.07. The Morgan fingerprint density at radius 2 is 1.74 bits per heavy atom. The fourth-order valence-electron chi connectivity index (χ4n) is 3.39. The summed E-state index contributed by atoms with van der Waals surface area (Å²) in [6, 6.07) is 8.16. The Kier molecular flexibility index (Phi) is 4.79. The summed E-state index contributed by atoms with van der Waals surface area (Å²) in [5.41, 5.74) is 0.713. The van der Waals surface area contributed by atoms with E-state index in [1.807, 2.05) is 36.9 Å². The predicted octanol–water partition coefficient (Wildman–Crippen LogP) is 3.71. The number of carbonyl (C=O) groups is 1. The van der Waals surface area contributed by atoms with E-state index in [-0.39, 0.29) is 5.91 Å². The molecule has 0 aliphatic carbocycles. The van der Waals surface area contributed by atoms with Crippen LogP contribution in [0.1, 0.15) is 43.5 Å². The van der Waals surface area contributed by atoms with Crippen molar-refractivity contribution in [2.75, 3.05) is 31.1 Å². The molecule has 0 atom stereocenters. The molecule has 0 saturated carbocycles. The smallest absolute Gasteiger partial charge is 0.256 e. The number of nitrogens with zero attached hydrogens (tertiary/aromatic N) is 3. The van der Waals surface area contributed by atoms with Crippen molar-refractivity contribution in [3.63, 3.8) is 0 Å². The molecule has 0 bridgehead atoms. The minimum atomic E-state index is 0.0731. The second-order valence-corrected chi connectivity index (χ2v) is 6.07. The number of pyridine rings is 1. The monoisotopic (exact) mass is 311 g/mol. The second-order valence-electron chi connectivity index (χ2n) is 6.07. The molecule has 1 saturated heterocycles. The molecule has 1 aliphatic heterocycles. The topological polar surface area (TPSA) is 36.4 Å². The standard InChI is InChI=1S/C19H25N3O/c1-3-21(4-2)19(23)17-14-20-18(22-12-8-5-9-13-22)16-11-7-6-10-15(16)17/h6-7,10-11,14H,3-5,8-9,12-13H2,1-2H3. The zero-order valence-corrected chi connectivity index (χ0v) is 14.1. The van der Waals surface area contributed by atoms with Crippen molar-refractivity contribution in [3.05, 3.63) is 36.0 Å². The van der Waals surface area contributed by atoms with Gasteiger partial charge in [-0.15, -0.1) is 0 Å². The van der Waals surface area contributed by atoms with Crippen LogP contribution in [-0.2, 0) is 0 Å². The molecule has 0 N–H and O–H groups in total. The molecule has 0 radical (unpaired) electrons. The van der Waals surface area contributed by atoms with Gasteiger partial charge in [0.25, 0.3) is 5.91 Å². The lowest BCUT2D eigenvalue weighted by Crippen LogP contribution is -2.32. The maximum Gasteiger partial charge on any atom is 0.256 e. The molecule has 1 fully saturated rings. The van der Waals surface area contributed by atoms with Crippen LogP contribution in [0.5, 0.6) is 0 Å². The molecule has 2 aromatic rings. The number of fused-ring (bicyclic) bond motifs is 1. The van der Waals surface area contributed by atoms with Gasteiger partial charge in [-0.05, 0) is 38.5 Å². The number of hydrogen-bond acceptors (Lipinski definition) is 3. The first kappa shape index (κ1) is 15.8. The lowest BCUT2D eigenvalue weighted by atomic mass is 10.0. The predicted molar refractivity (Wildman–Crippen MR) is 95.1 cm³/mol. The Morgan fingerprint density at radius 1 is 1.09 bits per heavy atom. The van der Waals surface area contributed by atoms with Gasteiger partial charge >= 0.3 is 0 Å². The van der Waals surface area contributed by atoms with Crippen LogP contribution >= 0.6 is 0 Å². The van der Waals surface area contributed by atoms with Gasteiger partial charge in [0.15, 0.2) is 0 Å². The van der Waals surface area contributed by atoms with Crippen LogP contribution in [0.2, 0.25) is 0 Å². The van der Waals surface area contributed by atoms with Gasteiger partial charge in [0.2, 0.25) is 0 Å². The van der Waals surface area contributed by atoms with Crippen LogP contribution in [0.25, 0.3) is 10.8 Å². The number of amides is 1. The number of hydrogen-bond donors (Lipinski definition) is 0. The summed E-state index contributed by atoms with van der Waals surface area (Å²) in [6.45, 7) is 7.58. The van der Waals surface area contributed by atoms with Gasteiger partial charge in [-0.3, -0.25) is 4.79 Å². The number of anilines is 1. The van der Waals surface area contributed by atoms with Gasteiger partial charge in [0.05, 0.1) is 5.56 Å². The average Bonchev–Trinajstić information content (AvgIpc) is 2.62. The van der Waals surface area contributed by atoms with Crippen LogP contribution in [0.3, 0.4) is 0 Å². The maximum absolute atomic E-state index is 12.8. The van der Waals surface area contributed by atoms with Gasteiger partial charge < -0.3 is 9.80 Å². The highest BCUT2D eigenvalue weighted by Crippen LogP contribution is 2.29. The Labute approximate surface area is 138 Å². The van der Waals surface area contributed by atoms with E-state index >= 15 is 0 Å². The van der Waals surface area contributed by atoms with Gasteiger partial charge in [-0.25, -0.2) is 4.98 Å². The molecule has 2 heterocycles. The minimum absolute atomic E-state index is 0.0731. The molecule has 1 aromatic heterocycles. The molecule has 0 spiro atoms. The number of benzene rings is 1. The van der Waals surface area contributed by atoms with Crippen molar-refractivity contribution in [3.8, 4) is 0 Å². The molecule has 23 heavy (non-hydrogen) atoms. The molecular weight excluding hydrogens is 286 g/mol. The summed E-state index contributed by atoms with van der Waals surface area (Å²) in [4.78, 5) is 21.7. The number of aromatic nitrogens is 1. The van der Waals surface area contributed by atoms with Gasteiger partial charge in [-0.2, -0.15) is 0 Å². The van der Waals surface area contributed by atoms with Crippen LogP contribution in [0.4, 0.5) is 5.82 Å². The largest absolute Gasteiger partial charge is 0.356 e. The lowest BCUT2D eigenvalue weighted by Gasteiger charge is -2.29. The van der Waals surface area contributed by atoms with E-state index in [0.717, 1.165) is 42.8 Å². The van der Waals surface area contributed by atoms with E-state index in [1.165, 1.54) is 19.3 Å². The molecular formula is C19H25N3O. The zero-order chi connectivity index (χ0) is 16.2. The van der Waals surface area contributed by atoms with E-state index in [1.54, 1.807) is 6.20 Å². The Hall–Kier alpha value is -2.10. The number of rotatable bonds is 4. The first-order chi connectivity index (χ1) is 11.3. The normalized spacial score (nSPS) is 15.0. The molecule has 1 amide bonds. The van der Waals surface area contributed by atoms with E-state index in [0.29, 0.717) is 5.56 Å². The van der Waals surface area contributed by atoms with Gasteiger partial charge in [-0.1, -0.05) is 24.3 Å². The van der Waals surface area contributed by atoms with Gasteiger partial charge in [0, 0.05) is 37.8 Å². The summed E-state index contributed by atoms with van der Waals surface area (Å²) in [6.07, 6.45) is 5.51. The van der Waals surface area contributed by atoms with E-state index in [2.05, 4.69) is 16.0 Å². The van der Waals surface area contributed by atoms with Crippen LogP contribution in [-0.4, -0.2) is 42.0 Å². The van der Waals surface area contributed by atoms with Crippen molar-refractivity contribution in [1.29, 1.82) is 0 Å². The maximum atomic E-state index is 12.8. The van der Waals surface area contributed by atoms with E-state index < -0.39 is 0 Å². The van der Waals surface area contributed by atoms with E-state index in [9.17, 15) is 4.79 Å². The minimum Gasteiger partial charge on any atom is -0.356 e.